The van der Waals surface area contributed by atoms with E-state index in [0.717, 1.165) is 36.9 Å². The van der Waals surface area contributed by atoms with Crippen molar-refractivity contribution in [3.63, 3.8) is 0 Å². The first kappa shape index (κ1) is 16.1. The second-order valence-electron chi connectivity index (χ2n) is 7.20. The number of halogens is 1. The Kier molecular flexibility index (Phi) is 4.20. The van der Waals surface area contributed by atoms with E-state index in [9.17, 15) is 9.18 Å². The van der Waals surface area contributed by atoms with Gasteiger partial charge in [0.2, 0.25) is 0 Å². The summed E-state index contributed by atoms with van der Waals surface area (Å²) in [5, 5.41) is 0. The molecule has 1 saturated carbocycles. The fourth-order valence-corrected chi connectivity index (χ4v) is 4.26. The maximum atomic E-state index is 13.3. The first-order valence-electron chi connectivity index (χ1n) is 9.07. The highest BCUT2D eigenvalue weighted by Crippen LogP contribution is 2.41. The van der Waals surface area contributed by atoms with Gasteiger partial charge in [0.05, 0.1) is 12.1 Å². The number of nitrogens with zero attached hydrogens (tertiary/aromatic N) is 2. The molecule has 25 heavy (non-hydrogen) atoms. The van der Waals surface area contributed by atoms with Gasteiger partial charge < -0.3 is 4.90 Å². The number of hydrogen-bond donors (Lipinski definition) is 0. The van der Waals surface area contributed by atoms with Gasteiger partial charge in [-0.3, -0.25) is 4.90 Å². The smallest absolute Gasteiger partial charge is 0.313 e. The Balaban J connectivity index is 1.66. The summed E-state index contributed by atoms with van der Waals surface area (Å²) in [5.74, 6) is -0.274. The van der Waals surface area contributed by atoms with Crippen molar-refractivity contribution in [2.75, 3.05) is 11.4 Å². The number of anilines is 1. The summed E-state index contributed by atoms with van der Waals surface area (Å²) < 4.78 is 13.3. The van der Waals surface area contributed by atoms with E-state index in [1.807, 2.05) is 23.1 Å². The lowest BCUT2D eigenvalue weighted by molar-refractivity contribution is 0.113. The molecule has 2 amide bonds. The molecule has 1 aliphatic carbocycles. The van der Waals surface area contributed by atoms with Crippen LogP contribution in [0.2, 0.25) is 0 Å². The van der Waals surface area contributed by atoms with Gasteiger partial charge in [-0.05, 0) is 42.7 Å². The second kappa shape index (κ2) is 6.51. The Morgan fingerprint density at radius 3 is 2.28 bits per heavy atom. The highest BCUT2D eigenvalue weighted by atomic mass is 19.1. The standard InChI is InChI=1S/C21H23FN2O/c22-18-9-11-19(12-10-18)23-16-21(13-5-2-6-14-21)24(20(23)25)15-17-7-3-1-4-8-17/h1,3-4,7-12H,2,5-6,13-16H2. The molecule has 0 unspecified atom stereocenters. The summed E-state index contributed by atoms with van der Waals surface area (Å²) in [6.45, 7) is 1.33. The van der Waals surface area contributed by atoms with Gasteiger partial charge in [-0.2, -0.15) is 0 Å². The minimum Gasteiger partial charge on any atom is -0.313 e. The molecule has 0 radical (unpaired) electrons. The molecule has 1 saturated heterocycles. The molecular weight excluding hydrogens is 315 g/mol. The Morgan fingerprint density at radius 1 is 0.920 bits per heavy atom. The van der Waals surface area contributed by atoms with Crippen LogP contribution in [0, 0.1) is 5.82 Å². The zero-order valence-electron chi connectivity index (χ0n) is 14.3. The number of carbonyl (C=O) groups is 1. The summed E-state index contributed by atoms with van der Waals surface area (Å²) in [6.07, 6.45) is 5.66. The van der Waals surface area contributed by atoms with Crippen LogP contribution in [0.25, 0.3) is 0 Å². The zero-order chi connectivity index (χ0) is 17.3. The highest BCUT2D eigenvalue weighted by Gasteiger charge is 2.50. The molecule has 2 aliphatic rings. The predicted octanol–water partition coefficient (Wildman–Crippen LogP) is 4.97. The van der Waals surface area contributed by atoms with E-state index < -0.39 is 0 Å². The number of rotatable bonds is 3. The maximum absolute atomic E-state index is 13.3. The van der Waals surface area contributed by atoms with Gasteiger partial charge in [0.25, 0.3) is 0 Å². The van der Waals surface area contributed by atoms with E-state index >= 15 is 0 Å². The first-order valence-corrected chi connectivity index (χ1v) is 9.07. The van der Waals surface area contributed by atoms with Crippen molar-refractivity contribution in [1.29, 1.82) is 0 Å². The van der Waals surface area contributed by atoms with Gasteiger partial charge in [0.1, 0.15) is 5.82 Å². The topological polar surface area (TPSA) is 23.6 Å². The first-order chi connectivity index (χ1) is 12.2. The monoisotopic (exact) mass is 338 g/mol. The van der Waals surface area contributed by atoms with Crippen molar-refractivity contribution in [3.05, 3.63) is 66.0 Å². The SMILES string of the molecule is O=C1N(c2ccc(F)cc2)CC2(CCCCC2)N1Cc1ccccc1. The van der Waals surface area contributed by atoms with Gasteiger partial charge in [0.15, 0.2) is 0 Å². The predicted molar refractivity (Wildman–Crippen MR) is 96.9 cm³/mol. The van der Waals surface area contributed by atoms with Crippen molar-refractivity contribution < 1.29 is 9.18 Å². The summed E-state index contributed by atoms with van der Waals surface area (Å²) in [7, 11) is 0. The van der Waals surface area contributed by atoms with Gasteiger partial charge in [-0.25, -0.2) is 9.18 Å². The minimum absolute atomic E-state index is 0.0392. The number of carbonyl (C=O) groups excluding carboxylic acids is 1. The quantitative estimate of drug-likeness (QED) is 0.775. The van der Waals surface area contributed by atoms with E-state index in [0.29, 0.717) is 13.1 Å². The van der Waals surface area contributed by atoms with E-state index in [1.165, 1.54) is 18.6 Å². The summed E-state index contributed by atoms with van der Waals surface area (Å²) in [6, 6.07) is 16.5. The van der Waals surface area contributed by atoms with Crippen molar-refractivity contribution >= 4 is 11.7 Å². The van der Waals surface area contributed by atoms with Crippen molar-refractivity contribution in [2.24, 2.45) is 0 Å². The van der Waals surface area contributed by atoms with Crippen LogP contribution in [-0.2, 0) is 6.54 Å². The summed E-state index contributed by atoms with van der Waals surface area (Å²) in [5.41, 5.74) is 1.84. The molecule has 1 heterocycles. The van der Waals surface area contributed by atoms with Crippen LogP contribution in [0.15, 0.2) is 54.6 Å². The number of benzene rings is 2. The molecule has 4 rings (SSSR count). The average Bonchev–Trinajstić information content (AvgIpc) is 2.90. The molecular formula is C21H23FN2O. The van der Waals surface area contributed by atoms with Crippen LogP contribution >= 0.6 is 0 Å². The van der Waals surface area contributed by atoms with Gasteiger partial charge in [0, 0.05) is 12.2 Å². The fraction of sp³-hybridized carbons (Fsp3) is 0.381. The summed E-state index contributed by atoms with van der Waals surface area (Å²) in [4.78, 5) is 17.1. The molecule has 2 aromatic rings. The lowest BCUT2D eigenvalue weighted by Gasteiger charge is -2.40. The third-order valence-electron chi connectivity index (χ3n) is 5.59. The average molecular weight is 338 g/mol. The van der Waals surface area contributed by atoms with E-state index in [-0.39, 0.29) is 17.4 Å². The number of urea groups is 1. The third-order valence-corrected chi connectivity index (χ3v) is 5.59. The molecule has 130 valence electrons. The zero-order valence-corrected chi connectivity index (χ0v) is 14.3. The van der Waals surface area contributed by atoms with Crippen molar-refractivity contribution in [3.8, 4) is 0 Å². The molecule has 1 spiro atoms. The van der Waals surface area contributed by atoms with E-state index in [1.54, 1.807) is 12.1 Å². The molecule has 2 fully saturated rings. The number of amides is 2. The number of hydrogen-bond acceptors (Lipinski definition) is 1. The second-order valence-corrected chi connectivity index (χ2v) is 7.20. The van der Waals surface area contributed by atoms with Gasteiger partial charge in [-0.15, -0.1) is 0 Å². The van der Waals surface area contributed by atoms with Crippen molar-refractivity contribution in [2.45, 2.75) is 44.2 Å². The molecule has 0 atom stereocenters. The van der Waals surface area contributed by atoms with Gasteiger partial charge >= 0.3 is 6.03 Å². The van der Waals surface area contributed by atoms with Crippen LogP contribution in [0.5, 0.6) is 0 Å². The van der Waals surface area contributed by atoms with Gasteiger partial charge in [-0.1, -0.05) is 49.6 Å². The van der Waals surface area contributed by atoms with Crippen LogP contribution in [0.4, 0.5) is 14.9 Å². The Bertz CT molecular complexity index is 738. The molecule has 0 bridgehead atoms. The lowest BCUT2D eigenvalue weighted by Crippen LogP contribution is -2.48. The van der Waals surface area contributed by atoms with Crippen LogP contribution in [-0.4, -0.2) is 23.0 Å². The molecule has 3 nitrogen and oxygen atoms in total. The van der Waals surface area contributed by atoms with Crippen molar-refractivity contribution in [1.82, 2.24) is 4.90 Å². The van der Waals surface area contributed by atoms with Crippen LogP contribution < -0.4 is 4.90 Å². The lowest BCUT2D eigenvalue weighted by atomic mass is 9.81. The van der Waals surface area contributed by atoms with Crippen LogP contribution in [0.3, 0.4) is 0 Å². The Hall–Kier alpha value is -2.36. The molecule has 0 N–H and O–H groups in total. The summed E-state index contributed by atoms with van der Waals surface area (Å²) >= 11 is 0. The molecule has 1 aliphatic heterocycles. The third kappa shape index (κ3) is 3.01. The normalized spacial score (nSPS) is 19.6. The Labute approximate surface area is 148 Å². The van der Waals surface area contributed by atoms with Crippen LogP contribution in [0.1, 0.15) is 37.7 Å². The minimum atomic E-state index is -0.274. The molecule has 4 heteroatoms. The molecule has 0 aromatic heterocycles. The maximum Gasteiger partial charge on any atom is 0.325 e. The molecule has 2 aromatic carbocycles. The van der Waals surface area contributed by atoms with E-state index in [4.69, 9.17) is 0 Å². The van der Waals surface area contributed by atoms with E-state index in [2.05, 4.69) is 17.0 Å². The Morgan fingerprint density at radius 2 is 1.60 bits per heavy atom. The fourth-order valence-electron chi connectivity index (χ4n) is 4.26. The highest BCUT2D eigenvalue weighted by molar-refractivity contribution is 5.95. The largest absolute Gasteiger partial charge is 0.325 e.